The lowest BCUT2D eigenvalue weighted by molar-refractivity contribution is -0.151. The van der Waals surface area contributed by atoms with Crippen LogP contribution >= 0.6 is 0 Å². The summed E-state index contributed by atoms with van der Waals surface area (Å²) in [6.07, 6.45) is -4.36. The van der Waals surface area contributed by atoms with Crippen molar-refractivity contribution in [2.75, 3.05) is 19.5 Å². The molecule has 1 fully saturated rings. The van der Waals surface area contributed by atoms with E-state index in [1.165, 1.54) is 14.2 Å². The maximum atomic E-state index is 12.8. The minimum absolute atomic E-state index is 0.00713. The Morgan fingerprint density at radius 3 is 1.89 bits per heavy atom. The molecule has 100 valence electrons. The summed E-state index contributed by atoms with van der Waals surface area (Å²) >= 11 is 0. The second-order valence-electron chi connectivity index (χ2n) is 3.84. The second kappa shape index (κ2) is 4.14. The molecule has 1 heterocycles. The van der Waals surface area contributed by atoms with Crippen molar-refractivity contribution < 1.29 is 22.6 Å². The number of alkyl halides is 3. The van der Waals surface area contributed by atoms with Crippen molar-refractivity contribution in [3.8, 4) is 12.0 Å². The van der Waals surface area contributed by atoms with Crippen molar-refractivity contribution in [1.29, 1.82) is 0 Å². The number of nitrogens with zero attached hydrogens (tertiary/aromatic N) is 3. The van der Waals surface area contributed by atoms with E-state index in [0.717, 1.165) is 0 Å². The van der Waals surface area contributed by atoms with Crippen molar-refractivity contribution in [2.24, 2.45) is 0 Å². The molecule has 1 aliphatic rings. The van der Waals surface area contributed by atoms with Gasteiger partial charge < -0.3 is 14.8 Å². The molecule has 0 radical (unpaired) electrons. The van der Waals surface area contributed by atoms with E-state index in [0.29, 0.717) is 0 Å². The third kappa shape index (κ3) is 2.24. The van der Waals surface area contributed by atoms with Crippen molar-refractivity contribution in [1.82, 2.24) is 15.0 Å². The third-order valence-corrected chi connectivity index (χ3v) is 2.60. The molecule has 0 atom stereocenters. The fourth-order valence-corrected chi connectivity index (χ4v) is 1.39. The largest absolute Gasteiger partial charge is 0.467 e. The molecule has 1 aromatic rings. The third-order valence-electron chi connectivity index (χ3n) is 2.60. The molecule has 0 bridgehead atoms. The van der Waals surface area contributed by atoms with Crippen molar-refractivity contribution in [2.45, 2.75) is 24.6 Å². The standard InChI is InChI=1S/C9H11F3N4O2/c1-17-6-13-5(14-7(15-6)18-2)16-8(3-4-8)9(10,11)12/h3-4H2,1-2H3,(H,13,14,15,16). The zero-order valence-electron chi connectivity index (χ0n) is 9.71. The van der Waals surface area contributed by atoms with Gasteiger partial charge in [-0.3, -0.25) is 0 Å². The van der Waals surface area contributed by atoms with Crippen LogP contribution in [0.5, 0.6) is 12.0 Å². The number of ether oxygens (including phenoxy) is 2. The van der Waals surface area contributed by atoms with E-state index >= 15 is 0 Å². The van der Waals surface area contributed by atoms with Gasteiger partial charge in [-0.15, -0.1) is 4.98 Å². The molecule has 1 aromatic heterocycles. The first-order valence-electron chi connectivity index (χ1n) is 5.09. The molecule has 0 aromatic carbocycles. The van der Waals surface area contributed by atoms with Gasteiger partial charge in [0.15, 0.2) is 0 Å². The molecular weight excluding hydrogens is 253 g/mol. The quantitative estimate of drug-likeness (QED) is 0.886. The number of hydrogen-bond donors (Lipinski definition) is 1. The summed E-state index contributed by atoms with van der Waals surface area (Å²) in [4.78, 5) is 11.1. The predicted molar refractivity (Wildman–Crippen MR) is 54.6 cm³/mol. The Hall–Kier alpha value is -1.80. The molecule has 9 heteroatoms. The van der Waals surface area contributed by atoms with E-state index in [1.54, 1.807) is 0 Å². The normalized spacial score (nSPS) is 17.2. The van der Waals surface area contributed by atoms with Gasteiger partial charge in [0, 0.05) is 0 Å². The molecule has 1 saturated carbocycles. The van der Waals surface area contributed by atoms with Gasteiger partial charge in [0.25, 0.3) is 0 Å². The maximum absolute atomic E-state index is 12.8. The SMILES string of the molecule is COc1nc(NC2(C(F)(F)F)CC2)nc(OC)n1. The molecule has 18 heavy (non-hydrogen) atoms. The second-order valence-corrected chi connectivity index (χ2v) is 3.84. The van der Waals surface area contributed by atoms with Gasteiger partial charge in [-0.2, -0.15) is 23.1 Å². The first kappa shape index (κ1) is 12.7. The van der Waals surface area contributed by atoms with Gasteiger partial charge in [-0.1, -0.05) is 0 Å². The number of anilines is 1. The summed E-state index contributed by atoms with van der Waals surface area (Å²) in [6, 6.07) is -0.218. The summed E-state index contributed by atoms with van der Waals surface area (Å²) in [7, 11) is 2.60. The highest BCUT2D eigenvalue weighted by atomic mass is 19.4. The van der Waals surface area contributed by atoms with Crippen LogP contribution in [0.4, 0.5) is 19.1 Å². The fourth-order valence-electron chi connectivity index (χ4n) is 1.39. The Morgan fingerprint density at radius 2 is 1.56 bits per heavy atom. The molecule has 6 nitrogen and oxygen atoms in total. The van der Waals surface area contributed by atoms with Crippen LogP contribution in [0.3, 0.4) is 0 Å². The van der Waals surface area contributed by atoms with E-state index in [2.05, 4.69) is 20.3 Å². The molecule has 0 spiro atoms. The Bertz CT molecular complexity index is 426. The number of hydrogen-bond acceptors (Lipinski definition) is 6. The van der Waals surface area contributed by atoms with Crippen LogP contribution in [0.2, 0.25) is 0 Å². The number of aromatic nitrogens is 3. The smallest absolute Gasteiger partial charge is 0.411 e. The van der Waals surface area contributed by atoms with Gasteiger partial charge in [0.1, 0.15) is 5.54 Å². The zero-order valence-corrected chi connectivity index (χ0v) is 9.71. The van der Waals surface area contributed by atoms with Crippen molar-refractivity contribution in [3.63, 3.8) is 0 Å². The van der Waals surface area contributed by atoms with Crippen LogP contribution in [0, 0.1) is 0 Å². The van der Waals surface area contributed by atoms with Gasteiger partial charge >= 0.3 is 18.2 Å². The van der Waals surface area contributed by atoms with E-state index in [4.69, 9.17) is 9.47 Å². The summed E-state index contributed by atoms with van der Waals surface area (Å²) in [5.74, 6) is -0.214. The number of rotatable bonds is 4. The summed E-state index contributed by atoms with van der Waals surface area (Å²) in [5.41, 5.74) is -1.94. The van der Waals surface area contributed by atoms with Gasteiger partial charge in [0.05, 0.1) is 14.2 Å². The van der Waals surface area contributed by atoms with Crippen LogP contribution in [-0.2, 0) is 0 Å². The average Bonchev–Trinajstić information content (AvgIpc) is 3.08. The molecule has 1 N–H and O–H groups in total. The van der Waals surface area contributed by atoms with E-state index in [9.17, 15) is 13.2 Å². The zero-order chi connectivity index (χ0) is 13.4. The van der Waals surface area contributed by atoms with Crippen LogP contribution < -0.4 is 14.8 Å². The summed E-state index contributed by atoms with van der Waals surface area (Å²) < 4.78 is 47.8. The first-order valence-corrected chi connectivity index (χ1v) is 5.09. The first-order chi connectivity index (χ1) is 8.40. The minimum Gasteiger partial charge on any atom is -0.467 e. The van der Waals surface area contributed by atoms with E-state index in [1.807, 2.05) is 0 Å². The Kier molecular flexibility index (Phi) is 2.91. The van der Waals surface area contributed by atoms with Crippen LogP contribution in [-0.4, -0.2) is 40.9 Å². The Balaban J connectivity index is 2.24. The maximum Gasteiger partial charge on any atom is 0.411 e. The van der Waals surface area contributed by atoms with Crippen molar-refractivity contribution >= 4 is 5.95 Å². The van der Waals surface area contributed by atoms with Crippen LogP contribution in [0.15, 0.2) is 0 Å². The topological polar surface area (TPSA) is 69.2 Å². The summed E-state index contributed by atoms with van der Waals surface area (Å²) in [6.45, 7) is 0. The molecular formula is C9H11F3N4O2. The Morgan fingerprint density at radius 1 is 1.06 bits per heavy atom. The number of methoxy groups -OCH3 is 2. The highest BCUT2D eigenvalue weighted by Gasteiger charge is 2.64. The van der Waals surface area contributed by atoms with Crippen LogP contribution in [0.1, 0.15) is 12.8 Å². The van der Waals surface area contributed by atoms with Gasteiger partial charge in [-0.25, -0.2) is 0 Å². The lowest BCUT2D eigenvalue weighted by atomic mass is 10.3. The fraction of sp³-hybridized carbons (Fsp3) is 0.667. The minimum atomic E-state index is -4.35. The molecule has 0 amide bonds. The summed E-state index contributed by atoms with van der Waals surface area (Å²) in [5, 5.41) is 2.27. The lowest BCUT2D eigenvalue weighted by Crippen LogP contribution is -2.39. The molecule has 0 saturated heterocycles. The monoisotopic (exact) mass is 264 g/mol. The highest BCUT2D eigenvalue weighted by Crippen LogP contribution is 2.50. The van der Waals surface area contributed by atoms with Crippen molar-refractivity contribution in [3.05, 3.63) is 0 Å². The average molecular weight is 264 g/mol. The highest BCUT2D eigenvalue weighted by molar-refractivity contribution is 5.37. The lowest BCUT2D eigenvalue weighted by Gasteiger charge is -2.20. The van der Waals surface area contributed by atoms with Gasteiger partial charge in [0.2, 0.25) is 5.95 Å². The predicted octanol–water partition coefficient (Wildman–Crippen LogP) is 1.40. The molecule has 1 aliphatic carbocycles. The molecule has 0 unspecified atom stereocenters. The Labute approximate surface area is 101 Å². The number of halogens is 3. The molecule has 2 rings (SSSR count). The van der Waals surface area contributed by atoms with Crippen LogP contribution in [0.25, 0.3) is 0 Å². The van der Waals surface area contributed by atoms with E-state index in [-0.39, 0.29) is 30.8 Å². The van der Waals surface area contributed by atoms with E-state index < -0.39 is 11.7 Å². The number of nitrogens with one attached hydrogen (secondary N) is 1. The molecule has 0 aliphatic heterocycles. The van der Waals surface area contributed by atoms with Gasteiger partial charge in [-0.05, 0) is 12.8 Å².